The van der Waals surface area contributed by atoms with E-state index in [-0.39, 0.29) is 21.7 Å². The van der Waals surface area contributed by atoms with Crippen molar-refractivity contribution in [1.29, 1.82) is 0 Å². The highest BCUT2D eigenvalue weighted by Crippen LogP contribution is 2.48. The molecule has 0 aliphatic heterocycles. The summed E-state index contributed by atoms with van der Waals surface area (Å²) in [7, 11) is 0. The molecule has 52 heavy (non-hydrogen) atoms. The van der Waals surface area contributed by atoms with Gasteiger partial charge in [0.15, 0.2) is 0 Å². The summed E-state index contributed by atoms with van der Waals surface area (Å²) < 4.78 is 0. The summed E-state index contributed by atoms with van der Waals surface area (Å²) in [6.07, 6.45) is 0. The van der Waals surface area contributed by atoms with Crippen molar-refractivity contribution in [1.82, 2.24) is 0 Å². The molecule has 6 aromatic rings. The average molecular weight is 687 g/mol. The van der Waals surface area contributed by atoms with E-state index in [1.54, 1.807) is 0 Å². The molecule has 0 saturated carbocycles. The van der Waals surface area contributed by atoms with Crippen LogP contribution in [0.3, 0.4) is 0 Å². The predicted octanol–water partition coefficient (Wildman–Crippen LogP) is 15.4. The maximum Gasteiger partial charge on any atom is -0.00608 e. The van der Waals surface area contributed by atoms with Crippen molar-refractivity contribution in [2.24, 2.45) is 0 Å². The van der Waals surface area contributed by atoms with Crippen molar-refractivity contribution in [3.8, 4) is 33.4 Å². The summed E-state index contributed by atoms with van der Waals surface area (Å²) in [6, 6.07) is 32.9. The van der Waals surface area contributed by atoms with Crippen LogP contribution in [-0.4, -0.2) is 0 Å². The average Bonchev–Trinajstić information content (AvgIpc) is 3.03. The Labute approximate surface area is 315 Å². The van der Waals surface area contributed by atoms with Crippen LogP contribution in [0.4, 0.5) is 0 Å². The molecule has 0 heterocycles. The highest BCUT2D eigenvalue weighted by molar-refractivity contribution is 6.12. The molecule has 6 aromatic carbocycles. The topological polar surface area (TPSA) is 0 Å². The van der Waals surface area contributed by atoms with Crippen LogP contribution in [0, 0.1) is 27.7 Å². The number of hydrogen-bond donors (Lipinski definition) is 0. The van der Waals surface area contributed by atoms with Gasteiger partial charge in [-0.2, -0.15) is 0 Å². The quantitative estimate of drug-likeness (QED) is 0.174. The summed E-state index contributed by atoms with van der Waals surface area (Å²) >= 11 is 0. The zero-order valence-corrected chi connectivity index (χ0v) is 35.1. The summed E-state index contributed by atoms with van der Waals surface area (Å²) in [5.74, 6) is 0. The van der Waals surface area contributed by atoms with Crippen LogP contribution in [0.25, 0.3) is 54.9 Å². The molecule has 0 nitrogen and oxygen atoms in total. The monoisotopic (exact) mass is 686 g/mol. The van der Waals surface area contributed by atoms with Gasteiger partial charge in [-0.05, 0) is 161 Å². The smallest absolute Gasteiger partial charge is 0.00608 e. The molecule has 0 amide bonds. The number of hydrogen-bond acceptors (Lipinski definition) is 0. The third-order valence-electron chi connectivity index (χ3n) is 11.6. The molecule has 0 atom stereocenters. The molecule has 0 spiro atoms. The van der Waals surface area contributed by atoms with Gasteiger partial charge in [-0.3, -0.25) is 0 Å². The van der Waals surface area contributed by atoms with Crippen LogP contribution in [-0.2, 0) is 21.7 Å². The molecule has 0 saturated heterocycles. The zero-order valence-electron chi connectivity index (χ0n) is 35.1. The predicted molar refractivity (Wildman–Crippen MR) is 232 cm³/mol. The summed E-state index contributed by atoms with van der Waals surface area (Å²) in [4.78, 5) is 0. The molecule has 0 unspecified atom stereocenters. The van der Waals surface area contributed by atoms with Gasteiger partial charge in [0.1, 0.15) is 0 Å². The first-order valence-electron chi connectivity index (χ1n) is 19.4. The molecule has 0 heteroatoms. The van der Waals surface area contributed by atoms with E-state index in [0.717, 1.165) is 0 Å². The van der Waals surface area contributed by atoms with Crippen LogP contribution in [0.2, 0.25) is 0 Å². The minimum atomic E-state index is 0.0279. The van der Waals surface area contributed by atoms with Gasteiger partial charge in [0.2, 0.25) is 0 Å². The van der Waals surface area contributed by atoms with Gasteiger partial charge in [0.25, 0.3) is 0 Å². The minimum absolute atomic E-state index is 0.0279. The first-order chi connectivity index (χ1) is 24.0. The van der Waals surface area contributed by atoms with Crippen molar-refractivity contribution in [3.05, 3.63) is 129 Å². The molecular weight excluding hydrogens is 625 g/mol. The summed E-state index contributed by atoms with van der Waals surface area (Å²) in [5.41, 5.74) is 19.3. The molecule has 0 aliphatic carbocycles. The normalized spacial score (nSPS) is 13.0. The largest absolute Gasteiger partial charge is 0.0616 e. The van der Waals surface area contributed by atoms with Gasteiger partial charge in [-0.1, -0.05) is 156 Å². The van der Waals surface area contributed by atoms with Gasteiger partial charge in [0, 0.05) is 0 Å². The van der Waals surface area contributed by atoms with Gasteiger partial charge in [0.05, 0.1) is 0 Å². The number of rotatable bonds is 3. The van der Waals surface area contributed by atoms with E-state index >= 15 is 0 Å². The van der Waals surface area contributed by atoms with Crippen molar-refractivity contribution in [2.45, 2.75) is 132 Å². The Kier molecular flexibility index (Phi) is 9.22. The number of fused-ring (bicyclic) bond motifs is 2. The fraction of sp³-hybridized carbons (Fsp3) is 0.385. The Balaban J connectivity index is 1.79. The second-order valence-electron chi connectivity index (χ2n) is 19.7. The third kappa shape index (κ3) is 6.64. The van der Waals surface area contributed by atoms with E-state index in [1.807, 2.05) is 0 Å². The van der Waals surface area contributed by atoms with Crippen molar-refractivity contribution in [3.63, 3.8) is 0 Å². The van der Waals surface area contributed by atoms with E-state index in [1.165, 1.54) is 99.4 Å². The van der Waals surface area contributed by atoms with Crippen LogP contribution >= 0.6 is 0 Å². The first-order valence-corrected chi connectivity index (χ1v) is 19.4. The highest BCUT2D eigenvalue weighted by Gasteiger charge is 2.28. The molecule has 0 N–H and O–H groups in total. The third-order valence-corrected chi connectivity index (χ3v) is 11.6. The minimum Gasteiger partial charge on any atom is -0.0616 e. The molecule has 0 fully saturated rings. The molecule has 0 bridgehead atoms. The molecule has 0 aliphatic rings. The lowest BCUT2D eigenvalue weighted by Crippen LogP contribution is -2.18. The summed E-state index contributed by atoms with van der Waals surface area (Å²) in [5, 5.41) is 5.19. The molecule has 0 radical (unpaired) electrons. The van der Waals surface area contributed by atoms with Gasteiger partial charge >= 0.3 is 0 Å². The Bertz CT molecular complexity index is 2180. The van der Waals surface area contributed by atoms with Crippen LogP contribution in [0.5, 0.6) is 0 Å². The summed E-state index contributed by atoms with van der Waals surface area (Å²) in [6.45, 7) is 37.6. The van der Waals surface area contributed by atoms with E-state index in [9.17, 15) is 0 Å². The maximum atomic E-state index is 2.49. The SMILES string of the molecule is Cc1c(-c2cc3ccccc3c(-c3c(C)c(-c4cc(C(C)(C)C)cc(C(C)(C)C)c4C)cc4ccccc34)c2C)cc(C(C)(C)C)cc1C(C)(C)C. The second kappa shape index (κ2) is 12.8. The fourth-order valence-electron chi connectivity index (χ4n) is 8.52. The lowest BCUT2D eigenvalue weighted by atomic mass is 9.74. The van der Waals surface area contributed by atoms with Crippen LogP contribution in [0.1, 0.15) is 128 Å². The Morgan fingerprint density at radius 1 is 0.327 bits per heavy atom. The fourth-order valence-corrected chi connectivity index (χ4v) is 8.52. The Morgan fingerprint density at radius 3 is 0.942 bits per heavy atom. The Morgan fingerprint density at radius 2 is 0.635 bits per heavy atom. The van der Waals surface area contributed by atoms with E-state index in [2.05, 4.69) is 196 Å². The van der Waals surface area contributed by atoms with Crippen molar-refractivity contribution < 1.29 is 0 Å². The molecule has 270 valence electrons. The van der Waals surface area contributed by atoms with Gasteiger partial charge in [-0.25, -0.2) is 0 Å². The molecule has 6 rings (SSSR count). The van der Waals surface area contributed by atoms with E-state index in [4.69, 9.17) is 0 Å². The van der Waals surface area contributed by atoms with Crippen molar-refractivity contribution >= 4 is 21.5 Å². The van der Waals surface area contributed by atoms with Gasteiger partial charge in [-0.15, -0.1) is 0 Å². The maximum absolute atomic E-state index is 2.49. The lowest BCUT2D eigenvalue weighted by Gasteiger charge is -2.30. The first kappa shape index (κ1) is 37.6. The van der Waals surface area contributed by atoms with E-state index < -0.39 is 0 Å². The Hall–Kier alpha value is -4.16. The second-order valence-corrected chi connectivity index (χ2v) is 19.7. The van der Waals surface area contributed by atoms with Crippen LogP contribution < -0.4 is 0 Å². The van der Waals surface area contributed by atoms with E-state index in [0.29, 0.717) is 0 Å². The molecular formula is C52H62. The standard InChI is InChI=1S/C52H62/c1-31-43(27-37(49(5,6)7)29-45(31)51(11,12)13)41-25-35-21-17-19-23-39(35)47(33(41)3)48-34(4)42(26-36-22-18-20-24-40(36)48)44-28-38(50(8,9)10)30-46(32(44)2)52(14,15)16/h17-30H,1-16H3. The highest BCUT2D eigenvalue weighted by atomic mass is 14.3. The van der Waals surface area contributed by atoms with Crippen molar-refractivity contribution in [2.75, 3.05) is 0 Å². The van der Waals surface area contributed by atoms with Gasteiger partial charge < -0.3 is 0 Å². The lowest BCUT2D eigenvalue weighted by molar-refractivity contribution is 0.565. The number of benzene rings is 6. The van der Waals surface area contributed by atoms with Crippen LogP contribution in [0.15, 0.2) is 84.9 Å². The zero-order chi connectivity index (χ0) is 38.3. The molecule has 0 aromatic heterocycles.